The summed E-state index contributed by atoms with van der Waals surface area (Å²) in [6, 6.07) is 7.12. The van der Waals surface area contributed by atoms with Crippen molar-refractivity contribution in [3.8, 4) is 0 Å². The molecule has 1 aliphatic heterocycles. The van der Waals surface area contributed by atoms with Gasteiger partial charge in [0.1, 0.15) is 0 Å². The standard InChI is InChI=1S/C20H27N3O3S2/c1-14-13-27-19(21-14)22-18(24)15-9-11-23(12-10-15)28(25,26)17-7-5-16(6-8-17)20(2,3)4/h5-8,13,15H,9-12H2,1-4H3,(H,21,22,24). The Kier molecular flexibility index (Phi) is 5.93. The van der Waals surface area contributed by atoms with Gasteiger partial charge in [-0.25, -0.2) is 13.4 Å². The maximum atomic E-state index is 12.9. The highest BCUT2D eigenvalue weighted by Gasteiger charge is 2.32. The van der Waals surface area contributed by atoms with E-state index in [4.69, 9.17) is 0 Å². The van der Waals surface area contributed by atoms with Crippen LogP contribution in [0.2, 0.25) is 0 Å². The fourth-order valence-electron chi connectivity index (χ4n) is 3.25. The first-order chi connectivity index (χ1) is 13.1. The molecule has 0 saturated carbocycles. The van der Waals surface area contributed by atoms with E-state index in [0.29, 0.717) is 36.0 Å². The summed E-state index contributed by atoms with van der Waals surface area (Å²) in [7, 11) is -3.54. The van der Waals surface area contributed by atoms with Gasteiger partial charge in [0, 0.05) is 24.4 Å². The monoisotopic (exact) mass is 421 g/mol. The van der Waals surface area contributed by atoms with Gasteiger partial charge in [-0.05, 0) is 42.9 Å². The Balaban J connectivity index is 1.62. The first-order valence-corrected chi connectivity index (χ1v) is 11.7. The number of amides is 1. The molecular weight excluding hydrogens is 394 g/mol. The Morgan fingerprint density at radius 1 is 1.18 bits per heavy atom. The van der Waals surface area contributed by atoms with Crippen LogP contribution in [0, 0.1) is 12.8 Å². The molecule has 0 bridgehead atoms. The normalized spacial score (nSPS) is 16.9. The zero-order chi connectivity index (χ0) is 20.5. The van der Waals surface area contributed by atoms with Crippen LogP contribution in [0.3, 0.4) is 0 Å². The number of sulfonamides is 1. The van der Waals surface area contributed by atoms with E-state index < -0.39 is 10.0 Å². The summed E-state index contributed by atoms with van der Waals surface area (Å²) >= 11 is 1.40. The molecule has 8 heteroatoms. The highest BCUT2D eigenvalue weighted by molar-refractivity contribution is 7.89. The molecule has 0 aliphatic carbocycles. The molecule has 2 heterocycles. The van der Waals surface area contributed by atoms with Crippen LogP contribution in [0.5, 0.6) is 0 Å². The summed E-state index contributed by atoms with van der Waals surface area (Å²) in [5.41, 5.74) is 1.95. The quantitative estimate of drug-likeness (QED) is 0.815. The minimum Gasteiger partial charge on any atom is -0.302 e. The molecule has 1 fully saturated rings. The molecule has 0 atom stereocenters. The number of thiazole rings is 1. The van der Waals surface area contributed by atoms with Gasteiger partial charge >= 0.3 is 0 Å². The van der Waals surface area contributed by atoms with Crippen molar-refractivity contribution in [1.29, 1.82) is 0 Å². The molecule has 1 saturated heterocycles. The van der Waals surface area contributed by atoms with Gasteiger partial charge in [-0.3, -0.25) is 4.79 Å². The highest BCUT2D eigenvalue weighted by Crippen LogP contribution is 2.28. The minimum atomic E-state index is -3.54. The number of aryl methyl sites for hydroxylation is 1. The third kappa shape index (κ3) is 4.61. The van der Waals surface area contributed by atoms with Crippen molar-refractivity contribution in [2.45, 2.75) is 50.8 Å². The van der Waals surface area contributed by atoms with Gasteiger partial charge in [0.15, 0.2) is 5.13 Å². The summed E-state index contributed by atoms with van der Waals surface area (Å²) in [4.78, 5) is 17.0. The highest BCUT2D eigenvalue weighted by atomic mass is 32.2. The third-order valence-electron chi connectivity index (χ3n) is 5.03. The third-order valence-corrected chi connectivity index (χ3v) is 7.82. The molecule has 1 aromatic carbocycles. The predicted molar refractivity (Wildman–Crippen MR) is 112 cm³/mol. The summed E-state index contributed by atoms with van der Waals surface area (Å²) in [6.07, 6.45) is 1.02. The molecule has 0 unspecified atom stereocenters. The first kappa shape index (κ1) is 21.0. The fraction of sp³-hybridized carbons (Fsp3) is 0.500. The maximum absolute atomic E-state index is 12.9. The fourth-order valence-corrected chi connectivity index (χ4v) is 5.41. The van der Waals surface area contributed by atoms with Crippen molar-refractivity contribution in [3.05, 3.63) is 40.9 Å². The molecule has 1 N–H and O–H groups in total. The number of aromatic nitrogens is 1. The second-order valence-corrected chi connectivity index (χ2v) is 11.0. The Hall–Kier alpha value is -1.77. The summed E-state index contributed by atoms with van der Waals surface area (Å²) < 4.78 is 27.4. The number of hydrogen-bond acceptors (Lipinski definition) is 5. The Morgan fingerprint density at radius 3 is 2.29 bits per heavy atom. The van der Waals surface area contributed by atoms with Gasteiger partial charge in [0.05, 0.1) is 10.6 Å². The van der Waals surface area contributed by atoms with Crippen LogP contribution in [-0.4, -0.2) is 36.7 Å². The van der Waals surface area contributed by atoms with Crippen molar-refractivity contribution in [1.82, 2.24) is 9.29 Å². The van der Waals surface area contributed by atoms with Gasteiger partial charge < -0.3 is 5.32 Å². The van der Waals surface area contributed by atoms with Crippen LogP contribution in [-0.2, 0) is 20.2 Å². The van der Waals surface area contributed by atoms with Crippen molar-refractivity contribution < 1.29 is 13.2 Å². The van der Waals surface area contributed by atoms with Gasteiger partial charge in [-0.2, -0.15) is 4.31 Å². The van der Waals surface area contributed by atoms with Gasteiger partial charge in [0.2, 0.25) is 15.9 Å². The Labute approximate surface area is 171 Å². The maximum Gasteiger partial charge on any atom is 0.243 e. The number of anilines is 1. The van der Waals surface area contributed by atoms with E-state index in [1.165, 1.54) is 15.6 Å². The van der Waals surface area contributed by atoms with Crippen molar-refractivity contribution in [3.63, 3.8) is 0 Å². The number of piperidine rings is 1. The molecule has 0 spiro atoms. The lowest BCUT2D eigenvalue weighted by molar-refractivity contribution is -0.120. The van der Waals surface area contributed by atoms with Gasteiger partial charge in [-0.1, -0.05) is 32.9 Å². The number of carbonyl (C=O) groups is 1. The molecule has 6 nitrogen and oxygen atoms in total. The zero-order valence-electron chi connectivity index (χ0n) is 16.7. The second-order valence-electron chi connectivity index (χ2n) is 8.24. The molecular formula is C20H27N3O3S2. The van der Waals surface area contributed by atoms with E-state index in [0.717, 1.165) is 11.3 Å². The molecule has 1 amide bonds. The molecule has 152 valence electrons. The van der Waals surface area contributed by atoms with Crippen molar-refractivity contribution in [2.24, 2.45) is 5.92 Å². The van der Waals surface area contributed by atoms with Crippen molar-refractivity contribution >= 4 is 32.4 Å². The topological polar surface area (TPSA) is 79.4 Å². The number of nitrogens with zero attached hydrogens (tertiary/aromatic N) is 2. The molecule has 28 heavy (non-hydrogen) atoms. The van der Waals surface area contributed by atoms with Crippen LogP contribution in [0.1, 0.15) is 44.9 Å². The van der Waals surface area contributed by atoms with E-state index in [9.17, 15) is 13.2 Å². The summed E-state index contributed by atoms with van der Waals surface area (Å²) in [5.74, 6) is -0.278. The number of carbonyl (C=O) groups excluding carboxylic acids is 1. The van der Waals surface area contributed by atoms with Crippen LogP contribution in [0.4, 0.5) is 5.13 Å². The van der Waals surface area contributed by atoms with E-state index in [1.54, 1.807) is 12.1 Å². The number of benzene rings is 1. The first-order valence-electron chi connectivity index (χ1n) is 9.41. The Bertz CT molecular complexity index is 936. The molecule has 3 rings (SSSR count). The van der Waals surface area contributed by atoms with E-state index in [1.807, 2.05) is 24.4 Å². The zero-order valence-corrected chi connectivity index (χ0v) is 18.4. The number of nitrogens with one attached hydrogen (secondary N) is 1. The molecule has 0 radical (unpaired) electrons. The average Bonchev–Trinajstić information content (AvgIpc) is 3.06. The van der Waals surface area contributed by atoms with Gasteiger partial charge in [-0.15, -0.1) is 11.3 Å². The molecule has 1 aromatic heterocycles. The van der Waals surface area contributed by atoms with Crippen LogP contribution in [0.25, 0.3) is 0 Å². The van der Waals surface area contributed by atoms with Gasteiger partial charge in [0.25, 0.3) is 0 Å². The average molecular weight is 422 g/mol. The lowest BCUT2D eigenvalue weighted by atomic mass is 9.87. The largest absolute Gasteiger partial charge is 0.302 e. The minimum absolute atomic E-state index is 0.0238. The predicted octanol–water partition coefficient (Wildman–Crippen LogP) is 3.79. The van der Waals surface area contributed by atoms with E-state index in [-0.39, 0.29) is 17.2 Å². The number of hydrogen-bond donors (Lipinski definition) is 1. The van der Waals surface area contributed by atoms with E-state index >= 15 is 0 Å². The SMILES string of the molecule is Cc1csc(NC(=O)C2CCN(S(=O)(=O)c3ccc(C(C)(C)C)cc3)CC2)n1. The summed E-state index contributed by atoms with van der Waals surface area (Å²) in [6.45, 7) is 8.86. The van der Waals surface area contributed by atoms with Crippen molar-refractivity contribution in [2.75, 3.05) is 18.4 Å². The lowest BCUT2D eigenvalue weighted by Gasteiger charge is -2.30. The molecule has 2 aromatic rings. The number of rotatable bonds is 4. The van der Waals surface area contributed by atoms with Crippen LogP contribution < -0.4 is 5.32 Å². The second kappa shape index (κ2) is 7.93. The summed E-state index contributed by atoms with van der Waals surface area (Å²) in [5, 5.41) is 5.32. The van der Waals surface area contributed by atoms with Crippen LogP contribution >= 0.6 is 11.3 Å². The van der Waals surface area contributed by atoms with Crippen LogP contribution in [0.15, 0.2) is 34.5 Å². The van der Waals surface area contributed by atoms with E-state index in [2.05, 4.69) is 31.1 Å². The molecule has 1 aliphatic rings. The lowest BCUT2D eigenvalue weighted by Crippen LogP contribution is -2.41. The Morgan fingerprint density at radius 2 is 1.79 bits per heavy atom. The smallest absolute Gasteiger partial charge is 0.243 e.